The molecule has 0 radical (unpaired) electrons. The standard InChI is InChI=1S/C27H35N3O2/c1-20-8-7-17-30(18-20)19-21-13-15-22(16-14-21)26(31)29-25-12-6-5-11-24(25)27(32)28-23-9-3-2-4-10-23/h5-6,11-16,20,23H,2-4,7-10,17-19H2,1H3,(H,28,32)(H,29,31). The molecule has 170 valence electrons. The summed E-state index contributed by atoms with van der Waals surface area (Å²) < 4.78 is 0. The van der Waals surface area contributed by atoms with Crippen LogP contribution in [0.15, 0.2) is 48.5 Å². The lowest BCUT2D eigenvalue weighted by molar-refractivity contribution is 0.0928. The Morgan fingerprint density at radius 2 is 1.66 bits per heavy atom. The molecule has 0 aromatic heterocycles. The van der Waals surface area contributed by atoms with E-state index in [9.17, 15) is 9.59 Å². The highest BCUT2D eigenvalue weighted by molar-refractivity contribution is 6.09. The molecular formula is C27H35N3O2. The Morgan fingerprint density at radius 3 is 2.41 bits per heavy atom. The summed E-state index contributed by atoms with van der Waals surface area (Å²) in [5.74, 6) is 0.448. The molecule has 1 aliphatic heterocycles. The van der Waals surface area contributed by atoms with Gasteiger partial charge >= 0.3 is 0 Å². The van der Waals surface area contributed by atoms with Crippen molar-refractivity contribution in [3.8, 4) is 0 Å². The molecule has 0 spiro atoms. The molecule has 2 aromatic rings. The molecule has 1 saturated heterocycles. The Hall–Kier alpha value is -2.66. The number of nitrogens with zero attached hydrogens (tertiary/aromatic N) is 1. The fourth-order valence-electron chi connectivity index (χ4n) is 4.94. The largest absolute Gasteiger partial charge is 0.349 e. The Kier molecular flexibility index (Phi) is 7.59. The van der Waals surface area contributed by atoms with Crippen molar-refractivity contribution in [2.45, 2.75) is 64.5 Å². The molecule has 1 heterocycles. The molecule has 2 amide bonds. The first-order valence-electron chi connectivity index (χ1n) is 12.1. The number of hydrogen-bond acceptors (Lipinski definition) is 3. The van der Waals surface area contributed by atoms with E-state index in [-0.39, 0.29) is 17.9 Å². The molecule has 1 aliphatic carbocycles. The lowest BCUT2D eigenvalue weighted by Gasteiger charge is -2.30. The number of piperidine rings is 1. The molecule has 2 fully saturated rings. The van der Waals surface area contributed by atoms with E-state index in [2.05, 4.69) is 22.5 Å². The average molecular weight is 434 g/mol. The maximum Gasteiger partial charge on any atom is 0.255 e. The first-order chi connectivity index (χ1) is 15.6. The van der Waals surface area contributed by atoms with Crippen molar-refractivity contribution in [3.05, 3.63) is 65.2 Å². The number of benzene rings is 2. The molecule has 5 heteroatoms. The van der Waals surface area contributed by atoms with E-state index in [1.165, 1.54) is 24.8 Å². The highest BCUT2D eigenvalue weighted by Gasteiger charge is 2.20. The third-order valence-electron chi connectivity index (χ3n) is 6.72. The molecular weight excluding hydrogens is 398 g/mol. The van der Waals surface area contributed by atoms with Crippen molar-refractivity contribution in [2.24, 2.45) is 5.92 Å². The number of rotatable bonds is 6. The van der Waals surface area contributed by atoms with Crippen LogP contribution in [-0.2, 0) is 6.54 Å². The lowest BCUT2D eigenvalue weighted by Crippen LogP contribution is -2.36. The van der Waals surface area contributed by atoms with Gasteiger partial charge in [-0.2, -0.15) is 0 Å². The van der Waals surface area contributed by atoms with Gasteiger partial charge in [0.1, 0.15) is 0 Å². The molecule has 2 aromatic carbocycles. The Bertz CT molecular complexity index is 919. The topological polar surface area (TPSA) is 61.4 Å². The normalized spacial score (nSPS) is 20.0. The number of hydrogen-bond donors (Lipinski definition) is 2. The SMILES string of the molecule is CC1CCCN(Cc2ccc(C(=O)Nc3ccccc3C(=O)NC3CCCCC3)cc2)C1. The van der Waals surface area contributed by atoms with Gasteiger partial charge in [0, 0.05) is 24.7 Å². The zero-order valence-corrected chi connectivity index (χ0v) is 19.1. The number of likely N-dealkylation sites (tertiary alicyclic amines) is 1. The van der Waals surface area contributed by atoms with Crippen molar-refractivity contribution in [2.75, 3.05) is 18.4 Å². The van der Waals surface area contributed by atoms with Crippen molar-refractivity contribution in [3.63, 3.8) is 0 Å². The van der Waals surface area contributed by atoms with Crippen LogP contribution in [0.2, 0.25) is 0 Å². The van der Waals surface area contributed by atoms with Crippen molar-refractivity contribution in [1.29, 1.82) is 0 Å². The van der Waals surface area contributed by atoms with E-state index in [1.807, 2.05) is 36.4 Å². The number of para-hydroxylation sites is 1. The van der Waals surface area contributed by atoms with E-state index < -0.39 is 0 Å². The summed E-state index contributed by atoms with van der Waals surface area (Å²) in [7, 11) is 0. The van der Waals surface area contributed by atoms with Crippen LogP contribution in [0, 0.1) is 5.92 Å². The molecule has 1 atom stereocenters. The van der Waals surface area contributed by atoms with E-state index >= 15 is 0 Å². The van der Waals surface area contributed by atoms with Crippen LogP contribution in [0.3, 0.4) is 0 Å². The Morgan fingerprint density at radius 1 is 0.906 bits per heavy atom. The van der Waals surface area contributed by atoms with Crippen LogP contribution in [0.1, 0.15) is 78.1 Å². The molecule has 5 nitrogen and oxygen atoms in total. The van der Waals surface area contributed by atoms with Crippen LogP contribution in [0.25, 0.3) is 0 Å². The van der Waals surface area contributed by atoms with Gasteiger partial charge < -0.3 is 10.6 Å². The number of nitrogens with one attached hydrogen (secondary N) is 2. The monoisotopic (exact) mass is 433 g/mol. The van der Waals surface area contributed by atoms with Gasteiger partial charge in [0.25, 0.3) is 11.8 Å². The molecule has 2 N–H and O–H groups in total. The first kappa shape index (κ1) is 22.5. The Labute approximate surface area is 191 Å². The predicted octanol–water partition coefficient (Wildman–Crippen LogP) is 5.23. The van der Waals surface area contributed by atoms with E-state index in [1.54, 1.807) is 12.1 Å². The summed E-state index contributed by atoms with van der Waals surface area (Å²) in [6.45, 7) is 5.53. The van der Waals surface area contributed by atoms with Crippen molar-refractivity contribution >= 4 is 17.5 Å². The number of anilines is 1. The second-order valence-corrected chi connectivity index (χ2v) is 9.49. The molecule has 32 heavy (non-hydrogen) atoms. The summed E-state index contributed by atoms with van der Waals surface area (Å²) >= 11 is 0. The lowest BCUT2D eigenvalue weighted by atomic mass is 9.95. The highest BCUT2D eigenvalue weighted by Crippen LogP contribution is 2.21. The average Bonchev–Trinajstić information content (AvgIpc) is 2.80. The number of carbonyl (C=O) groups excluding carboxylic acids is 2. The maximum absolute atomic E-state index is 12.9. The van der Waals surface area contributed by atoms with Crippen LogP contribution in [0.5, 0.6) is 0 Å². The summed E-state index contributed by atoms with van der Waals surface area (Å²) in [5, 5.41) is 6.08. The van der Waals surface area contributed by atoms with Gasteiger partial charge in [0.2, 0.25) is 0 Å². The van der Waals surface area contributed by atoms with E-state index in [4.69, 9.17) is 0 Å². The number of carbonyl (C=O) groups is 2. The van der Waals surface area contributed by atoms with Gasteiger partial charge in [0.15, 0.2) is 0 Å². The van der Waals surface area contributed by atoms with Crippen LogP contribution >= 0.6 is 0 Å². The fraction of sp³-hybridized carbons (Fsp3) is 0.481. The predicted molar refractivity (Wildman–Crippen MR) is 129 cm³/mol. The first-order valence-corrected chi connectivity index (χ1v) is 12.1. The van der Waals surface area contributed by atoms with E-state index in [0.717, 1.165) is 51.2 Å². The molecule has 1 saturated carbocycles. The Balaban J connectivity index is 1.37. The molecule has 0 bridgehead atoms. The third kappa shape index (κ3) is 5.98. The minimum atomic E-state index is -0.193. The fourth-order valence-corrected chi connectivity index (χ4v) is 4.94. The quantitative estimate of drug-likeness (QED) is 0.655. The van der Waals surface area contributed by atoms with Gasteiger partial charge in [-0.15, -0.1) is 0 Å². The summed E-state index contributed by atoms with van der Waals surface area (Å²) in [5.41, 5.74) is 2.89. The maximum atomic E-state index is 12.9. The molecule has 1 unspecified atom stereocenters. The molecule has 4 rings (SSSR count). The second kappa shape index (κ2) is 10.8. The van der Waals surface area contributed by atoms with Gasteiger partial charge in [0.05, 0.1) is 11.3 Å². The zero-order chi connectivity index (χ0) is 22.3. The van der Waals surface area contributed by atoms with Gasteiger partial charge in [-0.1, -0.05) is 50.5 Å². The highest BCUT2D eigenvalue weighted by atomic mass is 16.2. The smallest absolute Gasteiger partial charge is 0.255 e. The summed E-state index contributed by atoms with van der Waals surface area (Å²) in [4.78, 5) is 28.2. The minimum absolute atomic E-state index is 0.112. The van der Waals surface area contributed by atoms with Gasteiger partial charge in [-0.3, -0.25) is 14.5 Å². The summed E-state index contributed by atoms with van der Waals surface area (Å²) in [6, 6.07) is 15.3. The zero-order valence-electron chi connectivity index (χ0n) is 19.1. The molecule has 2 aliphatic rings. The van der Waals surface area contributed by atoms with Crippen molar-refractivity contribution < 1.29 is 9.59 Å². The number of amides is 2. The van der Waals surface area contributed by atoms with Crippen LogP contribution in [-0.4, -0.2) is 35.8 Å². The van der Waals surface area contributed by atoms with Gasteiger partial charge in [-0.25, -0.2) is 0 Å². The summed E-state index contributed by atoms with van der Waals surface area (Å²) in [6.07, 6.45) is 8.21. The van der Waals surface area contributed by atoms with Crippen LogP contribution < -0.4 is 10.6 Å². The van der Waals surface area contributed by atoms with Crippen molar-refractivity contribution in [1.82, 2.24) is 10.2 Å². The third-order valence-corrected chi connectivity index (χ3v) is 6.72. The van der Waals surface area contributed by atoms with E-state index in [0.29, 0.717) is 16.8 Å². The second-order valence-electron chi connectivity index (χ2n) is 9.49. The van der Waals surface area contributed by atoms with Gasteiger partial charge in [-0.05, 0) is 68.0 Å². The van der Waals surface area contributed by atoms with Crippen LogP contribution in [0.4, 0.5) is 5.69 Å². The minimum Gasteiger partial charge on any atom is -0.349 e.